The van der Waals surface area contributed by atoms with Crippen LogP contribution in [0.2, 0.25) is 0 Å². The van der Waals surface area contributed by atoms with Crippen molar-refractivity contribution in [3.8, 4) is 0 Å². The van der Waals surface area contributed by atoms with Crippen LogP contribution in [0.1, 0.15) is 5.56 Å². The molecule has 1 nitrogen and oxygen atoms in total. The Kier molecular flexibility index (Phi) is 4.32. The van der Waals surface area contributed by atoms with E-state index in [1.54, 1.807) is 6.08 Å². The van der Waals surface area contributed by atoms with E-state index in [2.05, 4.69) is 22.6 Å². The van der Waals surface area contributed by atoms with E-state index in [1.807, 2.05) is 34.4 Å². The smallest absolute Gasteiger partial charge is 0.0768 e. The molecule has 0 unspecified atom stereocenters. The predicted molar refractivity (Wildman–Crippen MR) is 59.3 cm³/mol. The van der Waals surface area contributed by atoms with Gasteiger partial charge in [-0.05, 0) is 15.7 Å². The van der Waals surface area contributed by atoms with Crippen LogP contribution in [0.15, 0.2) is 40.5 Å². The molecule has 1 atom stereocenters. The highest BCUT2D eigenvalue weighted by Gasteiger charge is 1.99. The van der Waals surface area contributed by atoms with Crippen LogP contribution in [-0.2, 0) is 6.42 Å². The SMILES string of the molecule is O[C@H](/C=C/I)Cc1ccccc1. The Morgan fingerprint density at radius 1 is 1.33 bits per heavy atom. The lowest BCUT2D eigenvalue weighted by atomic mass is 10.1. The van der Waals surface area contributed by atoms with Gasteiger partial charge in [0.2, 0.25) is 0 Å². The van der Waals surface area contributed by atoms with Gasteiger partial charge in [-0.15, -0.1) is 0 Å². The molecule has 0 radical (unpaired) electrons. The fraction of sp³-hybridized carbons (Fsp3) is 0.200. The van der Waals surface area contributed by atoms with Crippen molar-refractivity contribution in [2.24, 2.45) is 0 Å². The van der Waals surface area contributed by atoms with Gasteiger partial charge in [-0.2, -0.15) is 0 Å². The van der Waals surface area contributed by atoms with Crippen LogP contribution < -0.4 is 0 Å². The maximum Gasteiger partial charge on any atom is 0.0768 e. The summed E-state index contributed by atoms with van der Waals surface area (Å²) in [5.74, 6) is 0. The van der Waals surface area contributed by atoms with Crippen LogP contribution in [0.4, 0.5) is 0 Å². The second kappa shape index (κ2) is 5.32. The van der Waals surface area contributed by atoms with Crippen LogP contribution in [0.25, 0.3) is 0 Å². The first-order valence-electron chi connectivity index (χ1n) is 3.82. The van der Waals surface area contributed by atoms with E-state index in [0.29, 0.717) is 6.42 Å². The highest BCUT2D eigenvalue weighted by molar-refractivity contribution is 14.1. The van der Waals surface area contributed by atoms with Gasteiger partial charge in [0.05, 0.1) is 6.10 Å². The van der Waals surface area contributed by atoms with E-state index in [9.17, 15) is 5.11 Å². The summed E-state index contributed by atoms with van der Waals surface area (Å²) < 4.78 is 1.84. The fourth-order valence-electron chi connectivity index (χ4n) is 1.01. The summed E-state index contributed by atoms with van der Waals surface area (Å²) in [7, 11) is 0. The molecular formula is C10H11IO. The number of aliphatic hydroxyl groups excluding tert-OH is 1. The molecule has 1 rings (SSSR count). The zero-order valence-electron chi connectivity index (χ0n) is 6.65. The summed E-state index contributed by atoms with van der Waals surface area (Å²) in [6.45, 7) is 0. The van der Waals surface area contributed by atoms with Crippen molar-refractivity contribution in [1.29, 1.82) is 0 Å². The summed E-state index contributed by atoms with van der Waals surface area (Å²) in [5.41, 5.74) is 1.17. The first kappa shape index (κ1) is 9.74. The lowest BCUT2D eigenvalue weighted by molar-refractivity contribution is 0.224. The second-order valence-corrected chi connectivity index (χ2v) is 3.29. The average Bonchev–Trinajstić information content (AvgIpc) is 2.06. The third kappa shape index (κ3) is 3.36. The minimum absolute atomic E-state index is 0.357. The van der Waals surface area contributed by atoms with E-state index >= 15 is 0 Å². The molecule has 0 aliphatic rings. The molecule has 0 saturated heterocycles. The van der Waals surface area contributed by atoms with Crippen molar-refractivity contribution in [3.63, 3.8) is 0 Å². The molecule has 0 aliphatic heterocycles. The minimum Gasteiger partial charge on any atom is -0.389 e. The molecule has 0 spiro atoms. The molecule has 1 aromatic rings. The Balaban J connectivity index is 2.52. The van der Waals surface area contributed by atoms with Crippen LogP contribution in [0.5, 0.6) is 0 Å². The first-order chi connectivity index (χ1) is 5.83. The quantitative estimate of drug-likeness (QED) is 0.840. The zero-order valence-corrected chi connectivity index (χ0v) is 8.81. The number of rotatable bonds is 3. The summed E-state index contributed by atoms with van der Waals surface area (Å²) in [4.78, 5) is 0. The second-order valence-electron chi connectivity index (χ2n) is 2.58. The molecule has 12 heavy (non-hydrogen) atoms. The minimum atomic E-state index is -0.357. The number of hydrogen-bond acceptors (Lipinski definition) is 1. The number of aliphatic hydroxyl groups is 1. The Bertz CT molecular complexity index is 243. The molecule has 0 aromatic heterocycles. The molecule has 0 amide bonds. The maximum atomic E-state index is 9.41. The molecule has 64 valence electrons. The number of hydrogen-bond donors (Lipinski definition) is 1. The van der Waals surface area contributed by atoms with E-state index in [1.165, 1.54) is 5.56 Å². The average molecular weight is 274 g/mol. The van der Waals surface area contributed by atoms with Gasteiger partial charge in [0.15, 0.2) is 0 Å². The van der Waals surface area contributed by atoms with Gasteiger partial charge < -0.3 is 5.11 Å². The summed E-state index contributed by atoms with van der Waals surface area (Å²) in [6.07, 6.45) is 2.12. The van der Waals surface area contributed by atoms with Gasteiger partial charge in [0.25, 0.3) is 0 Å². The summed E-state index contributed by atoms with van der Waals surface area (Å²) in [6, 6.07) is 9.98. The van der Waals surface area contributed by atoms with Crippen LogP contribution >= 0.6 is 22.6 Å². The Morgan fingerprint density at radius 3 is 2.58 bits per heavy atom. The van der Waals surface area contributed by atoms with Gasteiger partial charge >= 0.3 is 0 Å². The normalized spacial score (nSPS) is 13.5. The standard InChI is InChI=1S/C10H11IO/c11-7-6-10(12)8-9-4-2-1-3-5-9/h1-7,10,12H,8H2/b7-6+/t10-/m1/s1. The van der Waals surface area contributed by atoms with Crippen molar-refractivity contribution < 1.29 is 5.11 Å². The highest BCUT2D eigenvalue weighted by Crippen LogP contribution is 2.04. The third-order valence-electron chi connectivity index (χ3n) is 1.58. The van der Waals surface area contributed by atoms with Gasteiger partial charge in [-0.3, -0.25) is 0 Å². The molecule has 0 saturated carbocycles. The van der Waals surface area contributed by atoms with Crippen molar-refractivity contribution in [2.75, 3.05) is 0 Å². The molecular weight excluding hydrogens is 263 g/mol. The van der Waals surface area contributed by atoms with Crippen molar-refractivity contribution in [3.05, 3.63) is 46.1 Å². The topological polar surface area (TPSA) is 20.2 Å². The highest BCUT2D eigenvalue weighted by atomic mass is 127. The Labute approximate surface area is 86.3 Å². The van der Waals surface area contributed by atoms with Gasteiger partial charge in [-0.25, -0.2) is 0 Å². The first-order valence-corrected chi connectivity index (χ1v) is 5.06. The van der Waals surface area contributed by atoms with Crippen LogP contribution in [0.3, 0.4) is 0 Å². The molecule has 0 aliphatic carbocycles. The molecule has 0 fully saturated rings. The summed E-state index contributed by atoms with van der Waals surface area (Å²) in [5, 5.41) is 9.41. The zero-order chi connectivity index (χ0) is 8.81. The lowest BCUT2D eigenvalue weighted by Gasteiger charge is -2.03. The molecule has 0 bridgehead atoms. The summed E-state index contributed by atoms with van der Waals surface area (Å²) >= 11 is 2.10. The Morgan fingerprint density at radius 2 is 2.00 bits per heavy atom. The van der Waals surface area contributed by atoms with Crippen molar-refractivity contribution in [2.45, 2.75) is 12.5 Å². The van der Waals surface area contributed by atoms with Crippen LogP contribution in [0, 0.1) is 0 Å². The molecule has 1 aromatic carbocycles. The van der Waals surface area contributed by atoms with Crippen molar-refractivity contribution >= 4 is 22.6 Å². The molecule has 1 N–H and O–H groups in total. The lowest BCUT2D eigenvalue weighted by Crippen LogP contribution is -2.05. The predicted octanol–water partition coefficient (Wildman–Crippen LogP) is 2.54. The van der Waals surface area contributed by atoms with E-state index < -0.39 is 0 Å². The van der Waals surface area contributed by atoms with E-state index in [4.69, 9.17) is 0 Å². The van der Waals surface area contributed by atoms with Gasteiger partial charge in [-0.1, -0.05) is 52.9 Å². The number of halogens is 1. The monoisotopic (exact) mass is 274 g/mol. The van der Waals surface area contributed by atoms with Crippen LogP contribution in [-0.4, -0.2) is 11.2 Å². The van der Waals surface area contributed by atoms with E-state index in [-0.39, 0.29) is 6.10 Å². The molecule has 2 heteroatoms. The number of benzene rings is 1. The maximum absolute atomic E-state index is 9.41. The van der Waals surface area contributed by atoms with Gasteiger partial charge in [0, 0.05) is 6.42 Å². The molecule has 0 heterocycles. The van der Waals surface area contributed by atoms with E-state index in [0.717, 1.165) is 0 Å². The van der Waals surface area contributed by atoms with Gasteiger partial charge in [0.1, 0.15) is 0 Å². The van der Waals surface area contributed by atoms with Crippen molar-refractivity contribution in [1.82, 2.24) is 0 Å². The largest absolute Gasteiger partial charge is 0.389 e. The fourth-order valence-corrected chi connectivity index (χ4v) is 1.49. The Hall–Kier alpha value is -0.350. The third-order valence-corrected chi connectivity index (χ3v) is 2.00.